The summed E-state index contributed by atoms with van der Waals surface area (Å²) >= 11 is 0. The first kappa shape index (κ1) is 14.4. The fraction of sp³-hybridized carbons (Fsp3) is 0.294. The zero-order valence-corrected chi connectivity index (χ0v) is 12.7. The minimum absolute atomic E-state index is 0.264. The van der Waals surface area contributed by atoms with Crippen molar-refractivity contribution >= 4 is 23.2 Å². The van der Waals surface area contributed by atoms with E-state index in [2.05, 4.69) is 20.5 Å². The molecule has 1 aliphatic rings. The van der Waals surface area contributed by atoms with Crippen molar-refractivity contribution in [3.8, 4) is 0 Å². The Morgan fingerprint density at radius 3 is 2.27 bits per heavy atom. The lowest BCUT2D eigenvalue weighted by Gasteiger charge is -2.16. The number of aromatic nitrogens is 1. The quantitative estimate of drug-likeness (QED) is 0.909. The minimum atomic E-state index is -0.264. The molecular formula is C17H20N4O. The largest absolute Gasteiger partial charge is 0.357 e. The van der Waals surface area contributed by atoms with Gasteiger partial charge in [0.25, 0.3) is 0 Å². The zero-order valence-electron chi connectivity index (χ0n) is 12.7. The average Bonchev–Trinajstić information content (AvgIpc) is 3.05. The van der Waals surface area contributed by atoms with Gasteiger partial charge in [-0.3, -0.25) is 0 Å². The molecule has 2 amide bonds. The third-order valence-corrected chi connectivity index (χ3v) is 3.75. The normalized spacial score (nSPS) is 14.0. The van der Waals surface area contributed by atoms with Crippen molar-refractivity contribution in [2.75, 3.05) is 28.6 Å². The van der Waals surface area contributed by atoms with Gasteiger partial charge in [-0.05, 0) is 44.0 Å². The van der Waals surface area contributed by atoms with Gasteiger partial charge in [0.2, 0.25) is 0 Å². The van der Waals surface area contributed by atoms with E-state index < -0.39 is 0 Å². The first-order valence-corrected chi connectivity index (χ1v) is 7.56. The van der Waals surface area contributed by atoms with Crippen LogP contribution in [0.25, 0.3) is 0 Å². The maximum Gasteiger partial charge on any atom is 0.323 e. The minimum Gasteiger partial charge on any atom is -0.357 e. The average molecular weight is 296 g/mol. The number of carbonyl (C=O) groups is 1. The number of nitrogens with zero attached hydrogens (tertiary/aromatic N) is 2. The van der Waals surface area contributed by atoms with Crippen molar-refractivity contribution in [3.05, 3.63) is 48.2 Å². The summed E-state index contributed by atoms with van der Waals surface area (Å²) in [6, 6.07) is 11.2. The second-order valence-corrected chi connectivity index (χ2v) is 5.54. The highest BCUT2D eigenvalue weighted by Gasteiger charge is 2.13. The van der Waals surface area contributed by atoms with Crippen LogP contribution in [0.4, 0.5) is 22.0 Å². The van der Waals surface area contributed by atoms with Crippen LogP contribution in [0.5, 0.6) is 0 Å². The Morgan fingerprint density at radius 1 is 1.00 bits per heavy atom. The number of hydrogen-bond acceptors (Lipinski definition) is 3. The van der Waals surface area contributed by atoms with E-state index in [1.54, 1.807) is 6.20 Å². The molecular weight excluding hydrogens is 276 g/mol. The van der Waals surface area contributed by atoms with Crippen LogP contribution in [0.1, 0.15) is 18.4 Å². The predicted molar refractivity (Wildman–Crippen MR) is 89.5 cm³/mol. The molecule has 0 unspecified atom stereocenters. The number of aryl methyl sites for hydroxylation is 1. The molecule has 0 bridgehead atoms. The van der Waals surface area contributed by atoms with Crippen molar-refractivity contribution < 1.29 is 4.79 Å². The Balaban J connectivity index is 1.57. The summed E-state index contributed by atoms with van der Waals surface area (Å²) in [5.74, 6) is 0.974. The third kappa shape index (κ3) is 3.55. The van der Waals surface area contributed by atoms with E-state index in [9.17, 15) is 4.79 Å². The number of urea groups is 1. The first-order chi connectivity index (χ1) is 10.7. The van der Waals surface area contributed by atoms with Crippen LogP contribution in [0, 0.1) is 6.92 Å². The second-order valence-electron chi connectivity index (χ2n) is 5.54. The number of carbonyl (C=O) groups excluding carboxylic acids is 1. The summed E-state index contributed by atoms with van der Waals surface area (Å²) in [6.45, 7) is 4.14. The summed E-state index contributed by atoms with van der Waals surface area (Å²) in [5.41, 5.74) is 2.62. The molecule has 2 N–H and O–H groups in total. The van der Waals surface area contributed by atoms with Gasteiger partial charge in [0, 0.05) is 18.8 Å². The monoisotopic (exact) mass is 296 g/mol. The lowest BCUT2D eigenvalue weighted by atomic mass is 10.2. The maximum atomic E-state index is 11.9. The Labute approximate surface area is 130 Å². The molecule has 1 saturated heterocycles. The van der Waals surface area contributed by atoms with E-state index in [-0.39, 0.29) is 6.03 Å². The lowest BCUT2D eigenvalue weighted by molar-refractivity contribution is 0.262. The number of rotatable bonds is 3. The lowest BCUT2D eigenvalue weighted by Crippen LogP contribution is -2.21. The molecule has 5 nitrogen and oxygen atoms in total. The van der Waals surface area contributed by atoms with Crippen molar-refractivity contribution in [1.29, 1.82) is 0 Å². The summed E-state index contributed by atoms with van der Waals surface area (Å²) in [4.78, 5) is 18.6. The van der Waals surface area contributed by atoms with E-state index in [1.165, 1.54) is 12.8 Å². The molecule has 1 aromatic heterocycles. The zero-order chi connectivity index (χ0) is 15.4. The highest BCUT2D eigenvalue weighted by molar-refractivity contribution is 5.99. The molecule has 1 aromatic carbocycles. The molecule has 1 aliphatic heterocycles. The van der Waals surface area contributed by atoms with Gasteiger partial charge >= 0.3 is 6.03 Å². The van der Waals surface area contributed by atoms with Gasteiger partial charge in [0.15, 0.2) is 0 Å². The first-order valence-electron chi connectivity index (χ1n) is 7.56. The molecule has 2 heterocycles. The Bertz CT molecular complexity index is 631. The van der Waals surface area contributed by atoms with Crippen LogP contribution in [0.2, 0.25) is 0 Å². The van der Waals surface area contributed by atoms with Crippen LogP contribution in [0.15, 0.2) is 42.6 Å². The van der Waals surface area contributed by atoms with Crippen LogP contribution >= 0.6 is 0 Å². The molecule has 0 aliphatic carbocycles. The van der Waals surface area contributed by atoms with E-state index in [0.717, 1.165) is 30.2 Å². The Hall–Kier alpha value is -2.56. The standard InChI is InChI=1S/C17H20N4O/c1-13-4-6-14(7-5-13)19-17(22)20-15-8-9-16(18-12-15)21-10-2-3-11-21/h4-9,12H,2-3,10-11H2,1H3,(H2,19,20,22). The van der Waals surface area contributed by atoms with Gasteiger partial charge in [-0.25, -0.2) is 9.78 Å². The molecule has 3 rings (SSSR count). The third-order valence-electron chi connectivity index (χ3n) is 3.75. The SMILES string of the molecule is Cc1ccc(NC(=O)Nc2ccc(N3CCCC3)nc2)cc1. The summed E-state index contributed by atoms with van der Waals surface area (Å²) in [7, 11) is 0. The van der Waals surface area contributed by atoms with Crippen molar-refractivity contribution in [3.63, 3.8) is 0 Å². The van der Waals surface area contributed by atoms with Gasteiger partial charge in [-0.15, -0.1) is 0 Å². The summed E-state index contributed by atoms with van der Waals surface area (Å²) < 4.78 is 0. The molecule has 5 heteroatoms. The summed E-state index contributed by atoms with van der Waals surface area (Å²) in [5, 5.41) is 5.59. The molecule has 0 atom stereocenters. The van der Waals surface area contributed by atoms with Crippen LogP contribution in [-0.2, 0) is 0 Å². The smallest absolute Gasteiger partial charge is 0.323 e. The molecule has 0 spiro atoms. The van der Waals surface area contributed by atoms with E-state index in [4.69, 9.17) is 0 Å². The fourth-order valence-electron chi connectivity index (χ4n) is 2.52. The second kappa shape index (κ2) is 6.47. The van der Waals surface area contributed by atoms with Crippen molar-refractivity contribution in [2.24, 2.45) is 0 Å². The highest BCUT2D eigenvalue weighted by Crippen LogP contribution is 2.19. The Kier molecular flexibility index (Phi) is 4.23. The number of amides is 2. The van der Waals surface area contributed by atoms with E-state index in [1.807, 2.05) is 43.3 Å². The topological polar surface area (TPSA) is 57.3 Å². The fourth-order valence-corrected chi connectivity index (χ4v) is 2.52. The molecule has 22 heavy (non-hydrogen) atoms. The van der Waals surface area contributed by atoms with Crippen LogP contribution in [0.3, 0.4) is 0 Å². The molecule has 0 radical (unpaired) electrons. The van der Waals surface area contributed by atoms with Crippen molar-refractivity contribution in [2.45, 2.75) is 19.8 Å². The number of anilines is 3. The maximum absolute atomic E-state index is 11.9. The van der Waals surface area contributed by atoms with E-state index >= 15 is 0 Å². The number of nitrogens with one attached hydrogen (secondary N) is 2. The van der Waals surface area contributed by atoms with Crippen molar-refractivity contribution in [1.82, 2.24) is 4.98 Å². The predicted octanol–water partition coefficient (Wildman–Crippen LogP) is 3.63. The number of benzene rings is 1. The number of hydrogen-bond donors (Lipinski definition) is 2. The molecule has 114 valence electrons. The highest BCUT2D eigenvalue weighted by atomic mass is 16.2. The molecule has 2 aromatic rings. The van der Waals surface area contributed by atoms with Gasteiger partial charge in [-0.1, -0.05) is 17.7 Å². The molecule has 1 fully saturated rings. The van der Waals surface area contributed by atoms with E-state index in [0.29, 0.717) is 5.69 Å². The van der Waals surface area contributed by atoms with Gasteiger partial charge in [0.1, 0.15) is 5.82 Å². The molecule has 0 saturated carbocycles. The summed E-state index contributed by atoms with van der Waals surface area (Å²) in [6.07, 6.45) is 4.14. The van der Waals surface area contributed by atoms with Crippen LogP contribution < -0.4 is 15.5 Å². The van der Waals surface area contributed by atoms with Crippen LogP contribution in [-0.4, -0.2) is 24.1 Å². The number of pyridine rings is 1. The van der Waals surface area contributed by atoms with Gasteiger partial charge < -0.3 is 15.5 Å². The Morgan fingerprint density at radius 2 is 1.64 bits per heavy atom. The van der Waals surface area contributed by atoms with Gasteiger partial charge in [0.05, 0.1) is 11.9 Å². The van der Waals surface area contributed by atoms with Gasteiger partial charge in [-0.2, -0.15) is 0 Å².